The molecule has 0 saturated carbocycles. The Morgan fingerprint density at radius 2 is 2.00 bits per heavy atom. The van der Waals surface area contributed by atoms with Gasteiger partial charge in [-0.1, -0.05) is 0 Å². The number of aliphatic hydroxyl groups is 1. The lowest BCUT2D eigenvalue weighted by molar-refractivity contribution is -0.393. The van der Waals surface area contributed by atoms with Gasteiger partial charge < -0.3 is 10.0 Å². The van der Waals surface area contributed by atoms with Crippen LogP contribution in [0, 0.1) is 20.2 Å². The molecule has 1 aromatic rings. The molecule has 1 aliphatic rings. The second-order valence-corrected chi connectivity index (χ2v) is 4.08. The molecule has 2 rings (SSSR count). The standard InChI is InChI=1S/C10H11N3O5/c14-8-3-4-11(6-8)9-2-1-7(12(15)16)5-10(9)13(17)18/h1-2,5,8,14H,3-4,6H2/t8-/m0/s1. The minimum atomic E-state index is -0.671. The van der Waals surface area contributed by atoms with Gasteiger partial charge in [-0.3, -0.25) is 20.2 Å². The van der Waals surface area contributed by atoms with Crippen molar-refractivity contribution in [1.29, 1.82) is 0 Å². The Hall–Kier alpha value is -2.22. The predicted molar refractivity (Wildman–Crippen MR) is 62.6 cm³/mol. The lowest BCUT2D eigenvalue weighted by Crippen LogP contribution is -2.22. The van der Waals surface area contributed by atoms with Gasteiger partial charge in [-0.25, -0.2) is 0 Å². The highest BCUT2D eigenvalue weighted by Gasteiger charge is 2.28. The van der Waals surface area contributed by atoms with Crippen LogP contribution < -0.4 is 4.90 Å². The molecule has 1 fully saturated rings. The summed E-state index contributed by atoms with van der Waals surface area (Å²) in [4.78, 5) is 21.9. The minimum Gasteiger partial charge on any atom is -0.391 e. The van der Waals surface area contributed by atoms with Gasteiger partial charge in [0.2, 0.25) is 0 Å². The maximum Gasteiger partial charge on any atom is 0.299 e. The zero-order valence-electron chi connectivity index (χ0n) is 9.35. The van der Waals surface area contributed by atoms with Gasteiger partial charge in [0.1, 0.15) is 5.69 Å². The van der Waals surface area contributed by atoms with Crippen molar-refractivity contribution >= 4 is 17.1 Å². The molecule has 0 spiro atoms. The van der Waals surface area contributed by atoms with Crippen LogP contribution in [-0.4, -0.2) is 34.1 Å². The van der Waals surface area contributed by atoms with Crippen LogP contribution in [0.15, 0.2) is 18.2 Å². The molecule has 0 radical (unpaired) electrons. The number of non-ortho nitro benzene ring substituents is 1. The van der Waals surface area contributed by atoms with E-state index in [-0.39, 0.29) is 11.4 Å². The molecule has 0 unspecified atom stereocenters. The molecular weight excluding hydrogens is 242 g/mol. The topological polar surface area (TPSA) is 110 Å². The lowest BCUT2D eigenvalue weighted by atomic mass is 10.2. The SMILES string of the molecule is O=[N+]([O-])c1ccc(N2CC[C@H](O)C2)c([N+](=O)[O-])c1. The van der Waals surface area contributed by atoms with Gasteiger partial charge in [-0.05, 0) is 12.5 Å². The Morgan fingerprint density at radius 1 is 1.28 bits per heavy atom. The van der Waals surface area contributed by atoms with E-state index in [2.05, 4.69) is 0 Å². The van der Waals surface area contributed by atoms with Crippen molar-refractivity contribution in [2.75, 3.05) is 18.0 Å². The number of aliphatic hydroxyl groups excluding tert-OH is 1. The number of nitro benzene ring substituents is 2. The van der Waals surface area contributed by atoms with Crippen molar-refractivity contribution in [3.05, 3.63) is 38.4 Å². The van der Waals surface area contributed by atoms with Crippen molar-refractivity contribution in [3.63, 3.8) is 0 Å². The van der Waals surface area contributed by atoms with Crippen molar-refractivity contribution < 1.29 is 15.0 Å². The second kappa shape index (κ2) is 4.57. The summed E-state index contributed by atoms with van der Waals surface area (Å²) in [5.74, 6) is 0. The zero-order chi connectivity index (χ0) is 13.3. The van der Waals surface area contributed by atoms with Gasteiger partial charge in [-0.2, -0.15) is 0 Å². The number of benzene rings is 1. The molecule has 1 N–H and O–H groups in total. The molecule has 1 aliphatic heterocycles. The summed E-state index contributed by atoms with van der Waals surface area (Å²) in [6, 6.07) is 3.53. The maximum absolute atomic E-state index is 10.9. The third kappa shape index (κ3) is 2.23. The zero-order valence-corrected chi connectivity index (χ0v) is 9.35. The van der Waals surface area contributed by atoms with Crippen LogP contribution in [0.5, 0.6) is 0 Å². The Labute approximate surface area is 102 Å². The fraction of sp³-hybridized carbons (Fsp3) is 0.400. The number of nitro groups is 2. The molecule has 0 amide bonds. The summed E-state index contributed by atoms with van der Waals surface area (Å²) in [6.45, 7) is 0.804. The van der Waals surface area contributed by atoms with Gasteiger partial charge in [0.25, 0.3) is 11.4 Å². The largest absolute Gasteiger partial charge is 0.391 e. The van der Waals surface area contributed by atoms with Gasteiger partial charge >= 0.3 is 0 Å². The van der Waals surface area contributed by atoms with E-state index in [1.165, 1.54) is 12.1 Å². The monoisotopic (exact) mass is 253 g/mol. The average molecular weight is 253 g/mol. The number of anilines is 1. The van der Waals surface area contributed by atoms with Crippen LogP contribution in [0.3, 0.4) is 0 Å². The highest BCUT2D eigenvalue weighted by Crippen LogP contribution is 2.33. The van der Waals surface area contributed by atoms with Crippen molar-refractivity contribution in [1.82, 2.24) is 0 Å². The molecule has 8 nitrogen and oxygen atoms in total. The van der Waals surface area contributed by atoms with E-state index in [1.54, 1.807) is 4.90 Å². The van der Waals surface area contributed by atoms with Crippen molar-refractivity contribution in [2.45, 2.75) is 12.5 Å². The number of hydrogen-bond acceptors (Lipinski definition) is 6. The summed E-state index contributed by atoms with van der Waals surface area (Å²) >= 11 is 0. The molecule has 1 atom stereocenters. The van der Waals surface area contributed by atoms with E-state index in [4.69, 9.17) is 0 Å². The van der Waals surface area contributed by atoms with Crippen LogP contribution in [0.4, 0.5) is 17.1 Å². The van der Waals surface area contributed by atoms with Gasteiger partial charge in [0.05, 0.1) is 22.0 Å². The van der Waals surface area contributed by atoms with Gasteiger partial charge in [0.15, 0.2) is 0 Å². The molecule has 0 aliphatic carbocycles. The van der Waals surface area contributed by atoms with Crippen LogP contribution >= 0.6 is 0 Å². The predicted octanol–water partition coefficient (Wildman–Crippen LogP) is 1.07. The summed E-state index contributed by atoms with van der Waals surface area (Å²) in [5, 5.41) is 30.9. The van der Waals surface area contributed by atoms with E-state index in [0.717, 1.165) is 6.07 Å². The number of hydrogen-bond donors (Lipinski definition) is 1. The smallest absolute Gasteiger partial charge is 0.299 e. The van der Waals surface area contributed by atoms with Crippen LogP contribution in [0.25, 0.3) is 0 Å². The Kier molecular flexibility index (Phi) is 3.11. The molecule has 1 heterocycles. The Bertz CT molecular complexity index is 504. The van der Waals surface area contributed by atoms with E-state index in [9.17, 15) is 25.3 Å². The van der Waals surface area contributed by atoms with Crippen LogP contribution in [-0.2, 0) is 0 Å². The first-order valence-corrected chi connectivity index (χ1v) is 5.35. The quantitative estimate of drug-likeness (QED) is 0.637. The summed E-state index contributed by atoms with van der Waals surface area (Å²) in [5.41, 5.74) is -0.314. The van der Waals surface area contributed by atoms with E-state index >= 15 is 0 Å². The molecule has 18 heavy (non-hydrogen) atoms. The fourth-order valence-electron chi connectivity index (χ4n) is 2.00. The van der Waals surface area contributed by atoms with E-state index < -0.39 is 16.0 Å². The van der Waals surface area contributed by atoms with E-state index in [1.807, 2.05) is 0 Å². The Balaban J connectivity index is 2.41. The number of β-amino-alcohol motifs (C(OH)–C–C–N with tert-alkyl or cyclic N) is 1. The molecule has 96 valence electrons. The van der Waals surface area contributed by atoms with E-state index in [0.29, 0.717) is 25.2 Å². The van der Waals surface area contributed by atoms with Crippen molar-refractivity contribution in [3.8, 4) is 0 Å². The third-order valence-corrected chi connectivity index (χ3v) is 2.87. The lowest BCUT2D eigenvalue weighted by Gasteiger charge is -2.17. The summed E-state index contributed by atoms with van der Waals surface area (Å²) in [6.07, 6.45) is 0.0218. The second-order valence-electron chi connectivity index (χ2n) is 4.08. The van der Waals surface area contributed by atoms with Crippen molar-refractivity contribution in [2.24, 2.45) is 0 Å². The van der Waals surface area contributed by atoms with Crippen LogP contribution in [0.2, 0.25) is 0 Å². The first-order chi connectivity index (χ1) is 8.49. The Morgan fingerprint density at radius 3 is 2.50 bits per heavy atom. The molecule has 0 aromatic heterocycles. The summed E-state index contributed by atoms with van der Waals surface area (Å²) < 4.78 is 0. The normalized spacial score (nSPS) is 18.9. The molecular formula is C10H11N3O5. The highest BCUT2D eigenvalue weighted by atomic mass is 16.6. The highest BCUT2D eigenvalue weighted by molar-refractivity contribution is 5.67. The molecule has 1 aromatic carbocycles. The van der Waals surface area contributed by atoms with Crippen LogP contribution in [0.1, 0.15) is 6.42 Å². The van der Waals surface area contributed by atoms with Gasteiger partial charge in [-0.15, -0.1) is 0 Å². The third-order valence-electron chi connectivity index (χ3n) is 2.87. The molecule has 8 heteroatoms. The fourth-order valence-corrected chi connectivity index (χ4v) is 2.00. The molecule has 0 bridgehead atoms. The average Bonchev–Trinajstić information content (AvgIpc) is 2.74. The minimum absolute atomic E-state index is 0.304. The summed E-state index contributed by atoms with van der Waals surface area (Å²) in [7, 11) is 0. The number of rotatable bonds is 3. The maximum atomic E-state index is 10.9. The number of nitrogens with zero attached hydrogens (tertiary/aromatic N) is 3. The molecule has 1 saturated heterocycles. The first kappa shape index (κ1) is 12.2. The van der Waals surface area contributed by atoms with Gasteiger partial charge in [0, 0.05) is 19.2 Å². The first-order valence-electron chi connectivity index (χ1n) is 5.35.